The van der Waals surface area contributed by atoms with Crippen LogP contribution in [0.1, 0.15) is 31.1 Å². The van der Waals surface area contributed by atoms with Gasteiger partial charge in [0.2, 0.25) is 5.91 Å². The van der Waals surface area contributed by atoms with Crippen molar-refractivity contribution in [3.8, 4) is 0 Å². The summed E-state index contributed by atoms with van der Waals surface area (Å²) in [7, 11) is -3.44. The van der Waals surface area contributed by atoms with Crippen molar-refractivity contribution in [3.05, 3.63) is 17.0 Å². The number of carboxylic acid groups (broad SMARTS) is 1. The lowest BCUT2D eigenvalue weighted by molar-refractivity contribution is -0.138. The van der Waals surface area contributed by atoms with Gasteiger partial charge in [0.05, 0.1) is 6.42 Å². The number of rotatable bonds is 8. The van der Waals surface area contributed by atoms with Crippen molar-refractivity contribution < 1.29 is 23.1 Å². The second-order valence-electron chi connectivity index (χ2n) is 6.02. The Morgan fingerprint density at radius 2 is 2.00 bits per heavy atom. The third-order valence-electron chi connectivity index (χ3n) is 3.80. The molecule has 0 aliphatic carbocycles. The van der Waals surface area contributed by atoms with Crippen LogP contribution < -0.4 is 5.32 Å². The monoisotopic (exact) mass is 374 g/mol. The van der Waals surface area contributed by atoms with Crippen LogP contribution in [0.25, 0.3) is 0 Å². The van der Waals surface area contributed by atoms with Crippen LogP contribution in [-0.4, -0.2) is 49.3 Å². The van der Waals surface area contributed by atoms with E-state index in [1.807, 2.05) is 0 Å². The van der Waals surface area contributed by atoms with Crippen molar-refractivity contribution in [3.63, 3.8) is 0 Å². The fourth-order valence-corrected chi connectivity index (χ4v) is 5.55. The molecule has 2 N–H and O–H groups in total. The first-order valence-corrected chi connectivity index (χ1v) is 10.1. The highest BCUT2D eigenvalue weighted by Crippen LogP contribution is 2.27. The zero-order valence-corrected chi connectivity index (χ0v) is 15.2. The second-order valence-corrected chi connectivity index (χ2v) is 9.35. The van der Waals surface area contributed by atoms with E-state index in [9.17, 15) is 18.0 Å². The van der Waals surface area contributed by atoms with Crippen molar-refractivity contribution in [2.45, 2.75) is 36.8 Å². The lowest BCUT2D eigenvalue weighted by Gasteiger charge is -2.13. The number of sulfonamides is 1. The number of hydrogen-bond donors (Lipinski definition) is 2. The molecule has 24 heavy (non-hydrogen) atoms. The highest BCUT2D eigenvalue weighted by molar-refractivity contribution is 7.91. The van der Waals surface area contributed by atoms with E-state index in [4.69, 9.17) is 5.11 Å². The number of carbonyl (C=O) groups is 2. The molecule has 2 rings (SSSR count). The average molecular weight is 374 g/mol. The quantitative estimate of drug-likeness (QED) is 0.714. The summed E-state index contributed by atoms with van der Waals surface area (Å²) in [4.78, 5) is 23.2. The maximum atomic E-state index is 12.4. The van der Waals surface area contributed by atoms with Gasteiger partial charge < -0.3 is 10.4 Å². The van der Waals surface area contributed by atoms with Gasteiger partial charge >= 0.3 is 5.97 Å². The number of nitrogens with one attached hydrogen (secondary N) is 1. The molecular formula is C15H22N2O5S2. The van der Waals surface area contributed by atoms with Gasteiger partial charge in [0.25, 0.3) is 10.0 Å². The highest BCUT2D eigenvalue weighted by Gasteiger charge is 2.28. The van der Waals surface area contributed by atoms with Crippen LogP contribution in [-0.2, 0) is 26.0 Å². The Kier molecular flexibility index (Phi) is 6.36. The van der Waals surface area contributed by atoms with Gasteiger partial charge in [-0.2, -0.15) is 4.31 Å². The van der Waals surface area contributed by atoms with Crippen molar-refractivity contribution in [1.29, 1.82) is 0 Å². The molecule has 1 aromatic rings. The van der Waals surface area contributed by atoms with Gasteiger partial charge in [0.15, 0.2) is 0 Å². The van der Waals surface area contributed by atoms with Gasteiger partial charge in [-0.3, -0.25) is 9.59 Å². The Balaban J connectivity index is 1.89. The van der Waals surface area contributed by atoms with Crippen LogP contribution >= 0.6 is 11.3 Å². The van der Waals surface area contributed by atoms with Crippen LogP contribution in [0.5, 0.6) is 0 Å². The van der Waals surface area contributed by atoms with Crippen molar-refractivity contribution >= 4 is 33.2 Å². The van der Waals surface area contributed by atoms with E-state index >= 15 is 0 Å². The minimum Gasteiger partial charge on any atom is -0.481 e. The summed E-state index contributed by atoms with van der Waals surface area (Å²) in [6.45, 7) is 3.14. The molecule has 1 fully saturated rings. The standard InChI is InChI=1S/C15H22N2O5S2/c1-11(8-14(19)20)10-16-13(18)9-12-4-5-15(23-12)24(21,22)17-6-2-3-7-17/h4-5,11H,2-3,6-10H2,1H3,(H,16,18)(H,19,20). The van der Waals surface area contributed by atoms with E-state index in [1.54, 1.807) is 19.1 Å². The molecule has 2 heterocycles. The zero-order valence-electron chi connectivity index (χ0n) is 13.5. The predicted octanol–water partition coefficient (Wildman–Crippen LogP) is 1.30. The number of aliphatic carboxylic acids is 1. The number of nitrogens with zero attached hydrogens (tertiary/aromatic N) is 1. The molecule has 1 saturated heterocycles. The maximum absolute atomic E-state index is 12.4. The molecule has 7 nitrogen and oxygen atoms in total. The Morgan fingerprint density at radius 1 is 1.33 bits per heavy atom. The van der Waals surface area contributed by atoms with E-state index < -0.39 is 16.0 Å². The van der Waals surface area contributed by atoms with Gasteiger partial charge in [0.1, 0.15) is 4.21 Å². The lowest BCUT2D eigenvalue weighted by atomic mass is 10.1. The molecule has 9 heteroatoms. The first kappa shape index (κ1) is 18.9. The number of thiophene rings is 1. The summed E-state index contributed by atoms with van der Waals surface area (Å²) in [6.07, 6.45) is 1.86. The summed E-state index contributed by atoms with van der Waals surface area (Å²) in [5, 5.41) is 11.4. The summed E-state index contributed by atoms with van der Waals surface area (Å²) >= 11 is 1.12. The second kappa shape index (κ2) is 8.09. The Hall–Kier alpha value is -1.45. The minimum absolute atomic E-state index is 0.00247. The first-order valence-electron chi connectivity index (χ1n) is 7.86. The van der Waals surface area contributed by atoms with Crippen LogP contribution in [0.3, 0.4) is 0 Å². The molecule has 1 amide bonds. The molecule has 1 aliphatic heterocycles. The van der Waals surface area contributed by atoms with Gasteiger partial charge in [0, 0.05) is 30.9 Å². The number of carbonyl (C=O) groups excluding carboxylic acids is 1. The van der Waals surface area contributed by atoms with E-state index in [1.165, 1.54) is 4.31 Å². The van der Waals surface area contributed by atoms with Crippen molar-refractivity contribution in [2.24, 2.45) is 5.92 Å². The highest BCUT2D eigenvalue weighted by atomic mass is 32.2. The van der Waals surface area contributed by atoms with E-state index in [2.05, 4.69) is 5.32 Å². The summed E-state index contributed by atoms with van der Waals surface area (Å²) < 4.78 is 26.6. The molecule has 1 atom stereocenters. The zero-order chi connectivity index (χ0) is 17.7. The van der Waals surface area contributed by atoms with Crippen LogP contribution in [0.4, 0.5) is 0 Å². The predicted molar refractivity (Wildman–Crippen MR) is 90.4 cm³/mol. The van der Waals surface area contributed by atoms with Crippen LogP contribution in [0, 0.1) is 5.92 Å². The van der Waals surface area contributed by atoms with Crippen molar-refractivity contribution in [2.75, 3.05) is 19.6 Å². The van der Waals surface area contributed by atoms with E-state index in [0.29, 0.717) is 18.0 Å². The molecule has 0 aromatic carbocycles. The fourth-order valence-electron chi connectivity index (χ4n) is 2.53. The first-order chi connectivity index (χ1) is 11.3. The molecule has 0 saturated carbocycles. The Bertz CT molecular complexity index is 692. The molecule has 1 unspecified atom stereocenters. The number of hydrogen-bond acceptors (Lipinski definition) is 5. The summed E-state index contributed by atoms with van der Waals surface area (Å²) in [6, 6.07) is 3.21. The molecule has 0 bridgehead atoms. The molecule has 0 spiro atoms. The number of carboxylic acids is 1. The third kappa shape index (κ3) is 5.02. The molecule has 1 aromatic heterocycles. The van der Waals surface area contributed by atoms with Gasteiger partial charge in [-0.25, -0.2) is 8.42 Å². The molecule has 1 aliphatic rings. The topological polar surface area (TPSA) is 104 Å². The van der Waals surface area contributed by atoms with Gasteiger partial charge in [-0.05, 0) is 30.9 Å². The average Bonchev–Trinajstić information content (AvgIpc) is 3.16. The number of amides is 1. The minimum atomic E-state index is -3.44. The fraction of sp³-hybridized carbons (Fsp3) is 0.600. The summed E-state index contributed by atoms with van der Waals surface area (Å²) in [5.74, 6) is -1.29. The summed E-state index contributed by atoms with van der Waals surface area (Å²) in [5.41, 5.74) is 0. The SMILES string of the molecule is CC(CNC(=O)Cc1ccc(S(=O)(=O)N2CCCC2)s1)CC(=O)O. The Labute approximate surface area is 145 Å². The molecular weight excluding hydrogens is 352 g/mol. The normalized spacial score (nSPS) is 16.9. The largest absolute Gasteiger partial charge is 0.481 e. The van der Waals surface area contributed by atoms with Gasteiger partial charge in [-0.15, -0.1) is 11.3 Å². The van der Waals surface area contributed by atoms with Crippen LogP contribution in [0.2, 0.25) is 0 Å². The smallest absolute Gasteiger partial charge is 0.303 e. The lowest BCUT2D eigenvalue weighted by Crippen LogP contribution is -2.30. The van der Waals surface area contributed by atoms with E-state index in [-0.39, 0.29) is 35.4 Å². The van der Waals surface area contributed by atoms with Crippen molar-refractivity contribution in [1.82, 2.24) is 9.62 Å². The molecule has 0 radical (unpaired) electrons. The maximum Gasteiger partial charge on any atom is 0.303 e. The third-order valence-corrected chi connectivity index (χ3v) is 7.25. The molecule has 134 valence electrons. The van der Waals surface area contributed by atoms with E-state index in [0.717, 1.165) is 24.2 Å². The van der Waals surface area contributed by atoms with Gasteiger partial charge in [-0.1, -0.05) is 6.92 Å². The van der Waals surface area contributed by atoms with Crippen LogP contribution in [0.15, 0.2) is 16.3 Å². The Morgan fingerprint density at radius 3 is 2.62 bits per heavy atom.